The normalized spacial score (nSPS) is 10.9. The van der Waals surface area contributed by atoms with Gasteiger partial charge in [0.15, 0.2) is 0 Å². The summed E-state index contributed by atoms with van der Waals surface area (Å²) in [4.78, 5) is 0. The minimum absolute atomic E-state index is 1.01. The maximum atomic E-state index is 8.42. The predicted octanol–water partition coefficient (Wildman–Crippen LogP) is 3.22. The molecule has 0 radical (unpaired) electrons. The first kappa shape index (κ1) is 9.27. The van der Waals surface area contributed by atoms with Crippen molar-refractivity contribution in [2.75, 3.05) is 0 Å². The van der Waals surface area contributed by atoms with Crippen molar-refractivity contribution in [2.45, 2.75) is 6.92 Å². The van der Waals surface area contributed by atoms with Gasteiger partial charge in [0, 0.05) is 9.65 Å². The lowest BCUT2D eigenvalue weighted by atomic mass is 10.1. The molecule has 0 fully saturated rings. The molecule has 0 aromatic heterocycles. The Bertz CT molecular complexity index is 330. The number of hydrogen-bond acceptors (Lipinski definition) is 1. The maximum Gasteiger partial charge on any atom is 0.0915 e. The monoisotopic (exact) mass is 269 g/mol. The summed E-state index contributed by atoms with van der Waals surface area (Å²) in [6.45, 7) is 1.94. The van der Waals surface area contributed by atoms with E-state index in [0.29, 0.717) is 0 Å². The standard InChI is InChI=1S/C10H8IN/c1-8(6-7-12)9-2-4-10(11)5-3-9/h2-6H,1H3/b8-6-. The summed E-state index contributed by atoms with van der Waals surface area (Å²) in [7, 11) is 0. The Labute approximate surface area is 85.9 Å². The first-order chi connectivity index (χ1) is 5.74. The molecule has 0 aliphatic heterocycles. The molecule has 0 N–H and O–H groups in total. The quantitative estimate of drug-likeness (QED) is 0.567. The molecule has 0 amide bonds. The highest BCUT2D eigenvalue weighted by Crippen LogP contribution is 2.14. The largest absolute Gasteiger partial charge is 0.193 e. The third-order valence-electron chi connectivity index (χ3n) is 1.58. The molecule has 1 aromatic rings. The van der Waals surface area contributed by atoms with Gasteiger partial charge in [0.2, 0.25) is 0 Å². The van der Waals surface area contributed by atoms with E-state index in [-0.39, 0.29) is 0 Å². The number of nitrogens with zero attached hydrogens (tertiary/aromatic N) is 1. The zero-order valence-electron chi connectivity index (χ0n) is 6.71. The van der Waals surface area contributed by atoms with E-state index in [9.17, 15) is 0 Å². The van der Waals surface area contributed by atoms with Crippen molar-refractivity contribution >= 4 is 28.2 Å². The number of allylic oxidation sites excluding steroid dienone is 2. The highest BCUT2D eigenvalue weighted by molar-refractivity contribution is 14.1. The minimum Gasteiger partial charge on any atom is -0.193 e. The fraction of sp³-hybridized carbons (Fsp3) is 0.100. The molecular formula is C10H8IN. The van der Waals surface area contributed by atoms with E-state index in [0.717, 1.165) is 11.1 Å². The Morgan fingerprint density at radius 1 is 1.42 bits per heavy atom. The lowest BCUT2D eigenvalue weighted by Gasteiger charge is -1.98. The van der Waals surface area contributed by atoms with Crippen LogP contribution < -0.4 is 0 Å². The van der Waals surface area contributed by atoms with Crippen molar-refractivity contribution in [1.29, 1.82) is 5.26 Å². The fourth-order valence-electron chi connectivity index (χ4n) is 0.893. The van der Waals surface area contributed by atoms with Crippen LogP contribution in [0.2, 0.25) is 0 Å². The summed E-state index contributed by atoms with van der Waals surface area (Å²) in [6.07, 6.45) is 1.56. The van der Waals surface area contributed by atoms with E-state index in [2.05, 4.69) is 22.6 Å². The van der Waals surface area contributed by atoms with Crippen LogP contribution in [0.5, 0.6) is 0 Å². The second-order valence-electron chi connectivity index (χ2n) is 2.46. The topological polar surface area (TPSA) is 23.8 Å². The predicted molar refractivity (Wildman–Crippen MR) is 58.4 cm³/mol. The van der Waals surface area contributed by atoms with Gasteiger partial charge >= 0.3 is 0 Å². The van der Waals surface area contributed by atoms with Gasteiger partial charge in [0.25, 0.3) is 0 Å². The Hall–Kier alpha value is -0.820. The van der Waals surface area contributed by atoms with Crippen LogP contribution in [0.25, 0.3) is 5.57 Å². The molecule has 1 aromatic carbocycles. The smallest absolute Gasteiger partial charge is 0.0915 e. The summed E-state index contributed by atoms with van der Waals surface area (Å²) < 4.78 is 1.21. The number of hydrogen-bond donors (Lipinski definition) is 0. The molecule has 0 bridgehead atoms. The van der Waals surface area contributed by atoms with Crippen molar-refractivity contribution in [3.8, 4) is 6.07 Å². The van der Waals surface area contributed by atoms with Crippen LogP contribution in [-0.4, -0.2) is 0 Å². The van der Waals surface area contributed by atoms with Crippen molar-refractivity contribution in [1.82, 2.24) is 0 Å². The molecule has 0 aliphatic carbocycles. The van der Waals surface area contributed by atoms with Gasteiger partial charge in [-0.05, 0) is 52.8 Å². The van der Waals surface area contributed by atoms with Crippen molar-refractivity contribution in [3.05, 3.63) is 39.5 Å². The highest BCUT2D eigenvalue weighted by Gasteiger charge is 1.93. The van der Waals surface area contributed by atoms with Crippen LogP contribution in [0.1, 0.15) is 12.5 Å². The van der Waals surface area contributed by atoms with Crippen LogP contribution in [-0.2, 0) is 0 Å². The van der Waals surface area contributed by atoms with E-state index in [1.165, 1.54) is 3.57 Å². The molecule has 60 valence electrons. The molecule has 0 aliphatic rings. The van der Waals surface area contributed by atoms with Gasteiger partial charge in [-0.15, -0.1) is 0 Å². The highest BCUT2D eigenvalue weighted by atomic mass is 127. The zero-order chi connectivity index (χ0) is 8.97. The molecule has 0 unspecified atom stereocenters. The molecule has 12 heavy (non-hydrogen) atoms. The molecule has 0 saturated heterocycles. The Morgan fingerprint density at radius 3 is 2.50 bits per heavy atom. The lowest BCUT2D eigenvalue weighted by molar-refractivity contribution is 1.51. The van der Waals surface area contributed by atoms with E-state index >= 15 is 0 Å². The van der Waals surface area contributed by atoms with E-state index < -0.39 is 0 Å². The summed E-state index contributed by atoms with van der Waals surface area (Å²) in [6, 6.07) is 10.1. The van der Waals surface area contributed by atoms with E-state index in [1.54, 1.807) is 6.08 Å². The second-order valence-corrected chi connectivity index (χ2v) is 3.71. The Kier molecular flexibility index (Phi) is 3.30. The van der Waals surface area contributed by atoms with Gasteiger partial charge in [-0.25, -0.2) is 0 Å². The first-order valence-corrected chi connectivity index (χ1v) is 4.64. The lowest BCUT2D eigenvalue weighted by Crippen LogP contribution is -1.78. The average molecular weight is 269 g/mol. The summed E-state index contributed by atoms with van der Waals surface area (Å²) in [5.74, 6) is 0. The first-order valence-electron chi connectivity index (χ1n) is 3.56. The average Bonchev–Trinajstić information content (AvgIpc) is 2.06. The Morgan fingerprint density at radius 2 is 2.00 bits per heavy atom. The van der Waals surface area contributed by atoms with Gasteiger partial charge in [-0.2, -0.15) is 5.26 Å². The number of benzene rings is 1. The van der Waals surface area contributed by atoms with E-state index in [4.69, 9.17) is 5.26 Å². The maximum absolute atomic E-state index is 8.42. The minimum atomic E-state index is 1.01. The van der Waals surface area contributed by atoms with Gasteiger partial charge in [-0.3, -0.25) is 0 Å². The van der Waals surface area contributed by atoms with Crippen molar-refractivity contribution in [2.24, 2.45) is 0 Å². The van der Waals surface area contributed by atoms with Crippen molar-refractivity contribution < 1.29 is 0 Å². The number of nitriles is 1. The molecule has 1 rings (SSSR count). The third kappa shape index (κ3) is 2.35. The molecule has 1 nitrogen and oxygen atoms in total. The van der Waals surface area contributed by atoms with Crippen LogP contribution in [0.3, 0.4) is 0 Å². The fourth-order valence-corrected chi connectivity index (χ4v) is 1.25. The Balaban J connectivity index is 2.99. The second kappa shape index (κ2) is 4.27. The summed E-state index contributed by atoms with van der Waals surface area (Å²) >= 11 is 2.26. The summed E-state index contributed by atoms with van der Waals surface area (Å²) in [5, 5.41) is 8.42. The molecule has 0 saturated carbocycles. The zero-order valence-corrected chi connectivity index (χ0v) is 8.87. The van der Waals surface area contributed by atoms with Gasteiger partial charge in [0.05, 0.1) is 6.07 Å². The van der Waals surface area contributed by atoms with Gasteiger partial charge < -0.3 is 0 Å². The SMILES string of the molecule is C/C(=C/C#N)c1ccc(I)cc1. The molecule has 2 heteroatoms. The summed E-state index contributed by atoms with van der Waals surface area (Å²) in [5.41, 5.74) is 2.12. The van der Waals surface area contributed by atoms with Crippen LogP contribution in [0, 0.1) is 14.9 Å². The molecular weight excluding hydrogens is 261 g/mol. The number of halogens is 1. The molecule has 0 heterocycles. The van der Waals surface area contributed by atoms with Crippen LogP contribution >= 0.6 is 22.6 Å². The van der Waals surface area contributed by atoms with E-state index in [1.807, 2.05) is 37.3 Å². The third-order valence-corrected chi connectivity index (χ3v) is 2.30. The van der Waals surface area contributed by atoms with Gasteiger partial charge in [-0.1, -0.05) is 12.1 Å². The molecule has 0 spiro atoms. The van der Waals surface area contributed by atoms with Crippen LogP contribution in [0.4, 0.5) is 0 Å². The van der Waals surface area contributed by atoms with Crippen molar-refractivity contribution in [3.63, 3.8) is 0 Å². The molecule has 0 atom stereocenters. The van der Waals surface area contributed by atoms with Crippen LogP contribution in [0.15, 0.2) is 30.3 Å². The van der Waals surface area contributed by atoms with Gasteiger partial charge in [0.1, 0.15) is 0 Å². The number of rotatable bonds is 1.